The van der Waals surface area contributed by atoms with E-state index >= 15 is 0 Å². The zero-order chi connectivity index (χ0) is 11.1. The van der Waals surface area contributed by atoms with Crippen molar-refractivity contribution in [3.8, 4) is 0 Å². The molecule has 2 heteroatoms. The molecule has 2 unspecified atom stereocenters. The molecule has 2 atom stereocenters. The van der Waals surface area contributed by atoms with Crippen LogP contribution in [-0.2, 0) is 4.74 Å². The molecule has 0 amide bonds. The van der Waals surface area contributed by atoms with Crippen LogP contribution in [-0.4, -0.2) is 19.7 Å². The molecule has 0 aromatic carbocycles. The van der Waals surface area contributed by atoms with Crippen LogP contribution in [0.25, 0.3) is 0 Å². The average Bonchev–Trinajstić information content (AvgIpc) is 2.77. The van der Waals surface area contributed by atoms with Crippen LogP contribution in [0.1, 0.15) is 46.0 Å². The van der Waals surface area contributed by atoms with Gasteiger partial charge >= 0.3 is 0 Å². The highest BCUT2D eigenvalue weighted by molar-refractivity contribution is 5.08. The first-order valence-electron chi connectivity index (χ1n) is 6.33. The number of ether oxygens (including phenoxy) is 1. The van der Waals surface area contributed by atoms with Crippen molar-refractivity contribution in [1.29, 1.82) is 0 Å². The Morgan fingerprint density at radius 2 is 2.27 bits per heavy atom. The summed E-state index contributed by atoms with van der Waals surface area (Å²) in [7, 11) is 2.04. The number of rotatable bonds is 7. The molecule has 0 fully saturated rings. The maximum Gasteiger partial charge on any atom is 0.109 e. The van der Waals surface area contributed by atoms with E-state index in [9.17, 15) is 0 Å². The first-order valence-corrected chi connectivity index (χ1v) is 6.33. The summed E-state index contributed by atoms with van der Waals surface area (Å²) in [6.45, 7) is 5.41. The minimum atomic E-state index is 0.434. The van der Waals surface area contributed by atoms with Gasteiger partial charge in [0.15, 0.2) is 0 Å². The molecule has 0 radical (unpaired) electrons. The highest BCUT2D eigenvalue weighted by atomic mass is 16.5. The molecule has 0 spiro atoms. The fourth-order valence-corrected chi connectivity index (χ4v) is 2.34. The number of unbranched alkanes of at least 4 members (excludes halogenated alkanes) is 1. The van der Waals surface area contributed by atoms with Gasteiger partial charge in [0.1, 0.15) is 5.76 Å². The van der Waals surface area contributed by atoms with E-state index in [1.807, 2.05) is 7.05 Å². The van der Waals surface area contributed by atoms with E-state index in [4.69, 9.17) is 4.74 Å². The monoisotopic (exact) mass is 211 g/mol. The minimum absolute atomic E-state index is 0.434. The molecule has 0 bridgehead atoms. The van der Waals surface area contributed by atoms with Crippen LogP contribution in [0.3, 0.4) is 0 Å². The maximum atomic E-state index is 5.67. The van der Waals surface area contributed by atoms with Crippen molar-refractivity contribution in [2.45, 2.75) is 52.0 Å². The van der Waals surface area contributed by atoms with Crippen LogP contribution in [0.2, 0.25) is 0 Å². The quantitative estimate of drug-likeness (QED) is 0.698. The highest BCUT2D eigenvalue weighted by Gasteiger charge is 2.24. The lowest BCUT2D eigenvalue weighted by molar-refractivity contribution is 0.190. The predicted octanol–water partition coefficient (Wildman–Crippen LogP) is 3.10. The van der Waals surface area contributed by atoms with Crippen molar-refractivity contribution in [3.05, 3.63) is 11.8 Å². The average molecular weight is 211 g/mol. The molecule has 2 nitrogen and oxygen atoms in total. The Balaban J connectivity index is 2.53. The fourth-order valence-electron chi connectivity index (χ4n) is 2.34. The van der Waals surface area contributed by atoms with E-state index in [1.165, 1.54) is 31.4 Å². The molecule has 0 saturated heterocycles. The zero-order valence-electron chi connectivity index (χ0n) is 10.4. The molecule has 1 heterocycles. The molecule has 15 heavy (non-hydrogen) atoms. The van der Waals surface area contributed by atoms with E-state index < -0.39 is 0 Å². The van der Waals surface area contributed by atoms with Crippen molar-refractivity contribution in [1.82, 2.24) is 5.32 Å². The van der Waals surface area contributed by atoms with E-state index in [-0.39, 0.29) is 0 Å². The van der Waals surface area contributed by atoms with E-state index in [1.54, 1.807) is 0 Å². The molecule has 88 valence electrons. The van der Waals surface area contributed by atoms with Crippen molar-refractivity contribution in [2.75, 3.05) is 13.7 Å². The Bertz CT molecular complexity index is 201. The third-order valence-corrected chi connectivity index (χ3v) is 3.27. The van der Waals surface area contributed by atoms with E-state index in [2.05, 4.69) is 25.2 Å². The SMILES string of the molecule is CCCCC(CC)C(NC)C1=CCCO1. The summed E-state index contributed by atoms with van der Waals surface area (Å²) in [6.07, 6.45) is 8.47. The van der Waals surface area contributed by atoms with Crippen LogP contribution < -0.4 is 5.32 Å². The van der Waals surface area contributed by atoms with Crippen molar-refractivity contribution >= 4 is 0 Å². The van der Waals surface area contributed by atoms with Crippen LogP contribution in [0, 0.1) is 5.92 Å². The molecule has 0 saturated carbocycles. The van der Waals surface area contributed by atoms with Gasteiger partial charge in [-0.25, -0.2) is 0 Å². The Kier molecular flexibility index (Phi) is 5.77. The largest absolute Gasteiger partial charge is 0.496 e. The smallest absolute Gasteiger partial charge is 0.109 e. The summed E-state index contributed by atoms with van der Waals surface area (Å²) in [5.74, 6) is 1.90. The van der Waals surface area contributed by atoms with Gasteiger partial charge in [-0.1, -0.05) is 33.1 Å². The Hall–Kier alpha value is -0.500. The standard InChI is InChI=1S/C13H25NO/c1-4-6-8-11(5-2)13(14-3)12-9-7-10-15-12/h9,11,13-14H,4-8,10H2,1-3H3. The summed E-state index contributed by atoms with van der Waals surface area (Å²) in [5, 5.41) is 3.41. The third-order valence-electron chi connectivity index (χ3n) is 3.27. The van der Waals surface area contributed by atoms with Crippen LogP contribution >= 0.6 is 0 Å². The van der Waals surface area contributed by atoms with Gasteiger partial charge in [0, 0.05) is 6.42 Å². The lowest BCUT2D eigenvalue weighted by Crippen LogP contribution is -2.35. The number of hydrogen-bond donors (Lipinski definition) is 1. The highest BCUT2D eigenvalue weighted by Crippen LogP contribution is 2.25. The predicted molar refractivity (Wildman–Crippen MR) is 64.8 cm³/mol. The lowest BCUT2D eigenvalue weighted by atomic mass is 9.90. The zero-order valence-corrected chi connectivity index (χ0v) is 10.4. The van der Waals surface area contributed by atoms with Crippen LogP contribution in [0.5, 0.6) is 0 Å². The maximum absolute atomic E-state index is 5.67. The summed E-state index contributed by atoms with van der Waals surface area (Å²) in [6, 6.07) is 0.434. The summed E-state index contributed by atoms with van der Waals surface area (Å²) in [5.41, 5.74) is 0. The van der Waals surface area contributed by atoms with Crippen LogP contribution in [0.4, 0.5) is 0 Å². The normalized spacial score (nSPS) is 19.5. The number of nitrogens with one attached hydrogen (secondary N) is 1. The summed E-state index contributed by atoms with van der Waals surface area (Å²) in [4.78, 5) is 0. The van der Waals surface area contributed by atoms with Gasteiger partial charge in [-0.15, -0.1) is 0 Å². The van der Waals surface area contributed by atoms with Gasteiger partial charge in [-0.2, -0.15) is 0 Å². The Morgan fingerprint density at radius 3 is 2.73 bits per heavy atom. The van der Waals surface area contributed by atoms with Gasteiger partial charge in [0.25, 0.3) is 0 Å². The first kappa shape index (κ1) is 12.6. The second kappa shape index (κ2) is 6.89. The minimum Gasteiger partial charge on any atom is -0.496 e. The summed E-state index contributed by atoms with van der Waals surface area (Å²) < 4.78 is 5.67. The van der Waals surface area contributed by atoms with Gasteiger partial charge in [0.2, 0.25) is 0 Å². The fraction of sp³-hybridized carbons (Fsp3) is 0.846. The second-order valence-corrected chi connectivity index (χ2v) is 4.32. The van der Waals surface area contributed by atoms with Crippen LogP contribution in [0.15, 0.2) is 11.8 Å². The molecule has 1 N–H and O–H groups in total. The van der Waals surface area contributed by atoms with Gasteiger partial charge < -0.3 is 10.1 Å². The lowest BCUT2D eigenvalue weighted by Gasteiger charge is -2.26. The van der Waals surface area contributed by atoms with Gasteiger partial charge in [0.05, 0.1) is 12.6 Å². The molecule has 1 aliphatic rings. The van der Waals surface area contributed by atoms with Gasteiger partial charge in [-0.3, -0.25) is 0 Å². The Morgan fingerprint density at radius 1 is 1.47 bits per heavy atom. The third kappa shape index (κ3) is 3.53. The molecule has 0 aliphatic carbocycles. The molecule has 1 rings (SSSR count). The molecule has 1 aliphatic heterocycles. The number of likely N-dealkylation sites (N-methyl/N-ethyl adjacent to an activating group) is 1. The van der Waals surface area contributed by atoms with Gasteiger partial charge in [-0.05, 0) is 25.5 Å². The van der Waals surface area contributed by atoms with Crippen molar-refractivity contribution in [3.63, 3.8) is 0 Å². The Labute approximate surface area is 94.1 Å². The van der Waals surface area contributed by atoms with E-state index in [0.717, 1.165) is 18.9 Å². The van der Waals surface area contributed by atoms with Crippen molar-refractivity contribution < 1.29 is 4.74 Å². The van der Waals surface area contributed by atoms with Crippen molar-refractivity contribution in [2.24, 2.45) is 5.92 Å². The molecular weight excluding hydrogens is 186 g/mol. The molecule has 0 aromatic rings. The second-order valence-electron chi connectivity index (χ2n) is 4.32. The molecule has 0 aromatic heterocycles. The first-order chi connectivity index (χ1) is 7.33. The summed E-state index contributed by atoms with van der Waals surface area (Å²) >= 11 is 0. The number of hydrogen-bond acceptors (Lipinski definition) is 2. The molecular formula is C13H25NO. The van der Waals surface area contributed by atoms with E-state index in [0.29, 0.717) is 6.04 Å². The topological polar surface area (TPSA) is 21.3 Å².